The highest BCUT2D eigenvalue weighted by Crippen LogP contribution is 2.29. The number of alkyl halides is 1. The maximum atomic E-state index is 12.4. The number of hydrogen-bond acceptors (Lipinski definition) is 30. The van der Waals surface area contributed by atoms with E-state index in [-0.39, 0.29) is 147 Å². The number of aliphatic hydroxyl groups excluding tert-OH is 1. The Kier molecular flexibility index (Phi) is 40.8. The molecule has 7 rings (SSSR count). The fraction of sp³-hybridized carbons (Fsp3) is 0.344. The molecule has 0 unspecified atom stereocenters. The molecule has 38 heteroatoms. The third kappa shape index (κ3) is 38.5. The number of aromatic hydroxyl groups is 1. The molecule has 7 aromatic rings. The average Bonchev–Trinajstić information content (AvgIpc) is 1.83. The number of hydrogen-bond donors (Lipinski definition) is 7. The van der Waals surface area contributed by atoms with Gasteiger partial charge in [0.1, 0.15) is 76.7 Å². The normalized spacial score (nSPS) is 10.2. The number of carbonyl (C=O) groups is 7. The minimum absolute atomic E-state index is 0. The molecule has 4 aromatic carbocycles. The number of nitrogens with two attached hydrogens (primary N) is 2. The molecule has 3 heterocycles. The first-order valence-corrected chi connectivity index (χ1v) is 31.7. The Hall–Kier alpha value is -10.1. The summed E-state index contributed by atoms with van der Waals surface area (Å²) in [6, 6.07) is 28.3. The molecule has 0 radical (unpaired) electrons. The number of amides is 3. The van der Waals surface area contributed by atoms with Crippen molar-refractivity contribution in [1.29, 1.82) is 0 Å². The molecule has 3 amide bonds. The molecular weight excluding hydrogens is 1450 g/mol. The second-order valence-electron chi connectivity index (χ2n) is 21.3. The summed E-state index contributed by atoms with van der Waals surface area (Å²) in [5, 5.41) is 56.6. The van der Waals surface area contributed by atoms with E-state index < -0.39 is 61.8 Å². The molecule has 0 bridgehead atoms. The van der Waals surface area contributed by atoms with Crippen LogP contribution >= 0.6 is 62.3 Å². The van der Waals surface area contributed by atoms with Crippen molar-refractivity contribution in [3.8, 4) is 17.2 Å². The van der Waals surface area contributed by atoms with Crippen molar-refractivity contribution >= 4 is 135 Å². The lowest BCUT2D eigenvalue weighted by Crippen LogP contribution is -2.33. The number of carbonyl (C=O) groups excluding carboxylic acids is 7. The lowest BCUT2D eigenvalue weighted by molar-refractivity contribution is -0.380. The number of anilines is 3. The van der Waals surface area contributed by atoms with Gasteiger partial charge in [-0.05, 0) is 138 Å². The first-order chi connectivity index (χ1) is 45.5. The van der Waals surface area contributed by atoms with Crippen LogP contribution in [0.25, 0.3) is 0 Å². The van der Waals surface area contributed by atoms with Crippen LogP contribution in [0.1, 0.15) is 106 Å². The van der Waals surface area contributed by atoms with Crippen LogP contribution in [0.4, 0.5) is 35.2 Å². The minimum Gasteiger partial charge on any atom is -0.507 e. The van der Waals surface area contributed by atoms with Gasteiger partial charge in [-0.3, -0.25) is 55.4 Å². The van der Waals surface area contributed by atoms with E-state index in [9.17, 15) is 69.0 Å². The first-order valence-electron chi connectivity index (χ1n) is 28.1. The zero-order chi connectivity index (χ0) is 72.9. The number of aromatic nitrogens is 3. The lowest BCUT2D eigenvalue weighted by atomic mass is 10.2. The quantitative estimate of drug-likeness (QED) is 0.0115. The van der Waals surface area contributed by atoms with Crippen molar-refractivity contribution < 1.29 is 91.7 Å². The maximum absolute atomic E-state index is 12.4. The predicted molar refractivity (Wildman–Crippen MR) is 375 cm³/mol. The van der Waals surface area contributed by atoms with Crippen LogP contribution in [0, 0.1) is 30.3 Å². The molecule has 0 fully saturated rings. The van der Waals surface area contributed by atoms with Gasteiger partial charge in [-0.15, -0.1) is 12.4 Å². The second kappa shape index (κ2) is 45.5. The summed E-state index contributed by atoms with van der Waals surface area (Å²) in [7, 11) is 0. The molecule has 33 nitrogen and oxygen atoms in total. The zero-order valence-electron chi connectivity index (χ0n) is 54.1. The van der Waals surface area contributed by atoms with Crippen molar-refractivity contribution in [3.05, 3.63) is 174 Å². The largest absolute Gasteiger partial charge is 0.507 e. The number of phenolic OH excluding ortho intramolecular Hbond substituents is 1. The van der Waals surface area contributed by atoms with E-state index in [0.29, 0.717) is 0 Å². The Morgan fingerprint density at radius 1 is 0.576 bits per heavy atom. The maximum Gasteiger partial charge on any atom is 0.407 e. The fourth-order valence-corrected chi connectivity index (χ4v) is 8.08. The number of thiazole rings is 3. The van der Waals surface area contributed by atoms with Gasteiger partial charge in [-0.1, -0.05) is 90.1 Å². The van der Waals surface area contributed by atoms with Gasteiger partial charge in [0.05, 0.1) is 32.5 Å². The molecule has 99 heavy (non-hydrogen) atoms. The smallest absolute Gasteiger partial charge is 0.407 e. The van der Waals surface area contributed by atoms with Crippen molar-refractivity contribution in [2.75, 3.05) is 61.2 Å². The Balaban J connectivity index is 0.00000122. The van der Waals surface area contributed by atoms with Crippen molar-refractivity contribution in [1.82, 2.24) is 20.3 Å². The summed E-state index contributed by atoms with van der Waals surface area (Å²) in [5.74, 6) is -2.78. The monoisotopic (exact) mass is 1530 g/mol. The van der Waals surface area contributed by atoms with Gasteiger partial charge in [0.15, 0.2) is 28.6 Å². The molecule has 0 atom stereocenters. The number of aliphatic hydroxyl groups is 1. The number of nitrogens with zero attached hydrogens (tertiary/aromatic N) is 6. The van der Waals surface area contributed by atoms with Gasteiger partial charge in [-0.2, -0.15) is 0 Å². The average molecular weight is 1530 g/mol. The number of alkyl carbamates (subject to hydrolysis) is 1. The van der Waals surface area contributed by atoms with E-state index in [2.05, 4.69) is 46.8 Å². The zero-order valence-corrected chi connectivity index (χ0v) is 59.0. The van der Waals surface area contributed by atoms with Crippen LogP contribution in [0.2, 0.25) is 0 Å². The van der Waals surface area contributed by atoms with Crippen molar-refractivity contribution in [2.45, 2.75) is 93.2 Å². The van der Waals surface area contributed by atoms with Crippen LogP contribution in [0.5, 0.6) is 17.2 Å². The first kappa shape index (κ1) is 89.0. The van der Waals surface area contributed by atoms with Crippen LogP contribution in [-0.4, -0.2) is 143 Å². The lowest BCUT2D eigenvalue weighted by Gasteiger charge is -2.19. The molecule has 3 aromatic heterocycles. The number of halogens is 2. The number of esters is 4. The molecule has 0 aliphatic rings. The number of benzene rings is 4. The topological polar surface area (TPSA) is 481 Å². The van der Waals surface area contributed by atoms with Gasteiger partial charge in [0, 0.05) is 13.1 Å². The summed E-state index contributed by atoms with van der Waals surface area (Å²) in [6.07, 6.45) is 2.76. The highest BCUT2D eigenvalue weighted by atomic mass is 79.9. The van der Waals surface area contributed by atoms with E-state index in [1.807, 2.05) is 51.1 Å². The number of nitrogen functional groups attached to an aromatic ring is 1. The number of ether oxygens (including phenoxy) is 7. The van der Waals surface area contributed by atoms with Gasteiger partial charge in [0.2, 0.25) is 0 Å². The number of rotatable bonds is 21. The molecule has 0 aliphatic heterocycles. The van der Waals surface area contributed by atoms with Crippen molar-refractivity contribution in [2.24, 2.45) is 5.73 Å². The highest BCUT2D eigenvalue weighted by Gasteiger charge is 2.22. The number of nitrogens with one attached hydrogen (secondary N) is 3. The van der Waals surface area contributed by atoms with E-state index in [4.69, 9.17) is 49.7 Å². The van der Waals surface area contributed by atoms with Crippen LogP contribution in [0.3, 0.4) is 0 Å². The van der Waals surface area contributed by atoms with E-state index in [0.717, 1.165) is 58.2 Å². The number of para-hydroxylation sites is 3. The number of nitro groups is 3. The van der Waals surface area contributed by atoms with Gasteiger partial charge >= 0.3 is 45.0 Å². The van der Waals surface area contributed by atoms with Crippen molar-refractivity contribution in [3.63, 3.8) is 0 Å². The minimum atomic E-state index is -0.642. The highest BCUT2D eigenvalue weighted by molar-refractivity contribution is 9.09. The van der Waals surface area contributed by atoms with E-state index >= 15 is 0 Å². The van der Waals surface area contributed by atoms with Crippen LogP contribution in [-0.2, 0) is 44.7 Å². The summed E-state index contributed by atoms with van der Waals surface area (Å²) in [5.41, 5.74) is 10.3. The molecule has 0 saturated heterocycles. The SMILES string of the molecule is C.CC(C)(C)OC(=O)CBr.CC(C)(C)OC(=O)COc1ccccc1C(=O)Nc1ncc([N+](=O)[O-])s1.CC(C)(C)OC(=O)NCCO.Cl.NCCOC(=O)COc1ccccc1C(=O)Nc1ncc([N+](=O)[O-])s1.Nc1ncc([N+](=O)[O-])s1.O=C(OCc1ccccc1)c1ccccc1O. The predicted octanol–water partition coefficient (Wildman–Crippen LogP) is 10.9. The molecule has 0 spiro atoms. The van der Waals surface area contributed by atoms with Gasteiger partial charge in [0.25, 0.3) is 11.8 Å². The molecule has 9 N–H and O–H groups in total. The third-order valence-electron chi connectivity index (χ3n) is 9.88. The Bertz CT molecular complexity index is 3710. The van der Waals surface area contributed by atoms with Gasteiger partial charge < -0.3 is 60.2 Å². The summed E-state index contributed by atoms with van der Waals surface area (Å²) in [4.78, 5) is 121. The van der Waals surface area contributed by atoms with E-state index in [1.54, 1.807) is 77.9 Å². The number of phenols is 1. The third-order valence-corrected chi connectivity index (χ3v) is 12.8. The van der Waals surface area contributed by atoms with Crippen LogP contribution in [0.15, 0.2) is 122 Å². The fourth-order valence-electron chi connectivity index (χ4n) is 6.21. The van der Waals surface area contributed by atoms with Gasteiger partial charge in [-0.25, -0.2) is 34.1 Å². The summed E-state index contributed by atoms with van der Waals surface area (Å²) in [6.45, 7) is 16.0. The van der Waals surface area contributed by atoms with Crippen LogP contribution < -0.4 is 36.9 Å². The Morgan fingerprint density at radius 2 is 0.990 bits per heavy atom. The summed E-state index contributed by atoms with van der Waals surface area (Å²) >= 11 is 5.32. The second-order valence-corrected chi connectivity index (χ2v) is 25.0. The molecular formula is C61H77BrClN11O22S3. The molecule has 0 aliphatic carbocycles. The van der Waals surface area contributed by atoms with E-state index in [1.165, 1.54) is 36.4 Å². The Labute approximate surface area is 594 Å². The molecule has 0 saturated carbocycles. The molecule has 540 valence electrons. The standard InChI is InChI=1S/C16H17N3O6S.C14H14N4O6S.C14H12O3.C7H15NO3.C6H11BrO2.C3H3N3O2S.CH4.ClH/c1-16(2,3)25-13(20)9-24-11-7-5-4-6-10(11)14(21)18-15-17-8-12(26-15)19(22)23;15-5-6-23-12(19)8-24-10-4-2-1-3-9(10)13(20)17-14-16-7-11(25-14)18(21)22;15-13-9-5-4-8-12(13)14(16)17-10-11-6-2-1-3-7-11;1-7(2,3)11-6(10)8-4-5-9;1-6(2,3)9-5(8)4-7;4-3-5-1-2(9-3)6(7)8;;/h4-8H,9H2,1-3H3,(H,17,18,21);1-4,7H,5-6,8,15H2,(H,16,17,20);1-9,15H,10H2;9H,4-5H2,1-3H3,(H,8,10);4H2,1-3H3;1H,(H2,4,5);1H4;1H. The summed E-state index contributed by atoms with van der Waals surface area (Å²) < 4.78 is 35.5. The Morgan fingerprint density at radius 3 is 1.37 bits per heavy atom.